The van der Waals surface area contributed by atoms with E-state index in [0.29, 0.717) is 42.5 Å². The lowest BCUT2D eigenvalue weighted by atomic mass is 9.74. The fourth-order valence-electron chi connectivity index (χ4n) is 7.52. The number of amides is 3. The number of halogens is 2. The van der Waals surface area contributed by atoms with Gasteiger partial charge in [-0.05, 0) is 82.4 Å². The first-order valence-corrected chi connectivity index (χ1v) is 17.1. The molecule has 9 heteroatoms. The standard InChI is InChI=1S/C35H54Cl2N4O3/c1-23(42)38-20-26-19-27(41(30(43)32(2,3)4)25-12-14-34(8,9)15-13-25)21-40(26)31(44)35(16-17-39(22-35)33(5,6)7)28-11-10-24(36)18-29(28)37/h10-11,18,25-27H,12-17,19-22H2,1-9H3,(H,38,42)/t26-,27-,35?/m0/s1. The lowest BCUT2D eigenvalue weighted by Gasteiger charge is -2.45. The molecule has 0 aromatic heterocycles. The van der Waals surface area contributed by atoms with Crippen LogP contribution in [-0.2, 0) is 19.8 Å². The molecule has 2 heterocycles. The Hall–Kier alpha value is -1.83. The van der Waals surface area contributed by atoms with Gasteiger partial charge in [-0.3, -0.25) is 19.3 Å². The van der Waals surface area contributed by atoms with Crippen LogP contribution in [0.5, 0.6) is 0 Å². The molecule has 0 radical (unpaired) electrons. The van der Waals surface area contributed by atoms with Gasteiger partial charge < -0.3 is 15.1 Å². The van der Waals surface area contributed by atoms with Gasteiger partial charge in [-0.2, -0.15) is 0 Å². The van der Waals surface area contributed by atoms with Crippen LogP contribution in [0.1, 0.15) is 106 Å². The fourth-order valence-corrected chi connectivity index (χ4v) is 8.11. The maximum atomic E-state index is 15.1. The van der Waals surface area contributed by atoms with Gasteiger partial charge in [0, 0.05) is 60.1 Å². The number of likely N-dealkylation sites (tertiary alicyclic amines) is 2. The van der Waals surface area contributed by atoms with E-state index in [1.807, 2.05) is 37.8 Å². The van der Waals surface area contributed by atoms with E-state index in [2.05, 4.69) is 49.7 Å². The van der Waals surface area contributed by atoms with Gasteiger partial charge in [-0.25, -0.2) is 0 Å². The molecule has 1 saturated carbocycles. The first kappa shape index (κ1) is 35.0. The normalized spacial score (nSPS) is 26.6. The molecule has 3 fully saturated rings. The van der Waals surface area contributed by atoms with E-state index in [4.69, 9.17) is 23.2 Å². The van der Waals surface area contributed by atoms with Gasteiger partial charge in [0.2, 0.25) is 17.7 Å². The molecular formula is C35H54Cl2N4O3. The SMILES string of the molecule is CC(=O)NC[C@@H]1C[C@H](N(C(=O)C(C)(C)C)C2CCC(C)(C)CC2)CN1C(=O)C1(c2ccc(Cl)cc2Cl)CCN(C(C)(C)C)C1. The molecule has 3 aliphatic rings. The van der Waals surface area contributed by atoms with Gasteiger partial charge in [-0.1, -0.05) is 63.9 Å². The number of carbonyl (C=O) groups is 3. The van der Waals surface area contributed by atoms with Crippen molar-refractivity contribution in [3.8, 4) is 0 Å². The number of hydrogen-bond donors (Lipinski definition) is 1. The average molecular weight is 650 g/mol. The van der Waals surface area contributed by atoms with Crippen LogP contribution in [0.3, 0.4) is 0 Å². The topological polar surface area (TPSA) is 73.0 Å². The van der Waals surface area contributed by atoms with Gasteiger partial charge in [-0.15, -0.1) is 0 Å². The molecule has 4 rings (SSSR count). The minimum Gasteiger partial charge on any atom is -0.354 e. The first-order chi connectivity index (χ1) is 20.2. The fraction of sp³-hybridized carbons (Fsp3) is 0.743. The molecule has 3 atom stereocenters. The van der Waals surface area contributed by atoms with Crippen LogP contribution in [0.25, 0.3) is 0 Å². The summed E-state index contributed by atoms with van der Waals surface area (Å²) in [4.78, 5) is 47.8. The van der Waals surface area contributed by atoms with Crippen molar-refractivity contribution in [3.05, 3.63) is 33.8 Å². The second-order valence-electron chi connectivity index (χ2n) is 16.3. The van der Waals surface area contributed by atoms with Crippen LogP contribution < -0.4 is 5.32 Å². The van der Waals surface area contributed by atoms with E-state index in [1.54, 1.807) is 6.07 Å². The second kappa shape index (κ2) is 12.8. The van der Waals surface area contributed by atoms with Crippen molar-refractivity contribution in [3.63, 3.8) is 0 Å². The lowest BCUT2D eigenvalue weighted by Crippen LogP contribution is -2.55. The zero-order chi connectivity index (χ0) is 32.8. The first-order valence-electron chi connectivity index (χ1n) is 16.3. The maximum absolute atomic E-state index is 15.1. The van der Waals surface area contributed by atoms with Crippen LogP contribution in [0.2, 0.25) is 10.0 Å². The number of rotatable bonds is 6. The van der Waals surface area contributed by atoms with Crippen LogP contribution in [0, 0.1) is 10.8 Å². The Morgan fingerprint density at radius 2 is 1.64 bits per heavy atom. The van der Waals surface area contributed by atoms with Gasteiger partial charge in [0.25, 0.3) is 0 Å². The minimum absolute atomic E-state index is 0.0132. The molecule has 0 bridgehead atoms. The Morgan fingerprint density at radius 1 is 1.00 bits per heavy atom. The van der Waals surface area contributed by atoms with Crippen molar-refractivity contribution in [1.82, 2.24) is 20.0 Å². The molecule has 1 aromatic rings. The van der Waals surface area contributed by atoms with E-state index in [9.17, 15) is 9.59 Å². The van der Waals surface area contributed by atoms with E-state index >= 15 is 4.79 Å². The monoisotopic (exact) mass is 648 g/mol. The summed E-state index contributed by atoms with van der Waals surface area (Å²) in [5, 5.41) is 4.01. The van der Waals surface area contributed by atoms with Crippen molar-refractivity contribution < 1.29 is 14.4 Å². The highest BCUT2D eigenvalue weighted by Gasteiger charge is 2.54. The lowest BCUT2D eigenvalue weighted by molar-refractivity contribution is -0.147. The minimum atomic E-state index is -0.869. The van der Waals surface area contributed by atoms with Gasteiger partial charge >= 0.3 is 0 Å². The molecule has 1 aliphatic carbocycles. The molecule has 2 saturated heterocycles. The van der Waals surface area contributed by atoms with Gasteiger partial charge in [0.05, 0.1) is 17.5 Å². The highest BCUT2D eigenvalue weighted by molar-refractivity contribution is 6.35. The molecule has 246 valence electrons. The summed E-state index contributed by atoms with van der Waals surface area (Å²) in [6.07, 6.45) is 5.30. The van der Waals surface area contributed by atoms with E-state index < -0.39 is 10.8 Å². The Labute approximate surface area is 275 Å². The number of nitrogens with one attached hydrogen (secondary N) is 1. The third-order valence-electron chi connectivity index (χ3n) is 10.3. The smallest absolute Gasteiger partial charge is 0.235 e. The molecular weight excluding hydrogens is 595 g/mol. The van der Waals surface area contributed by atoms with E-state index in [-0.39, 0.29) is 46.8 Å². The molecule has 1 N–H and O–H groups in total. The third kappa shape index (κ3) is 7.41. The van der Waals surface area contributed by atoms with Crippen molar-refractivity contribution in [1.29, 1.82) is 0 Å². The van der Waals surface area contributed by atoms with Crippen LogP contribution in [-0.4, -0.2) is 82.3 Å². The molecule has 7 nitrogen and oxygen atoms in total. The van der Waals surface area contributed by atoms with Gasteiger partial charge in [0.15, 0.2) is 0 Å². The van der Waals surface area contributed by atoms with E-state index in [0.717, 1.165) is 37.8 Å². The molecule has 0 spiro atoms. The number of carbonyl (C=O) groups excluding carboxylic acids is 3. The Balaban J connectivity index is 1.75. The largest absolute Gasteiger partial charge is 0.354 e. The average Bonchev–Trinajstić information content (AvgIpc) is 3.53. The maximum Gasteiger partial charge on any atom is 0.235 e. The van der Waals surface area contributed by atoms with Crippen LogP contribution in [0.15, 0.2) is 18.2 Å². The van der Waals surface area contributed by atoms with E-state index in [1.165, 1.54) is 6.92 Å². The Morgan fingerprint density at radius 3 is 2.16 bits per heavy atom. The number of nitrogens with zero attached hydrogens (tertiary/aromatic N) is 3. The van der Waals surface area contributed by atoms with Gasteiger partial charge in [0.1, 0.15) is 0 Å². The Bertz CT molecular complexity index is 1240. The van der Waals surface area contributed by atoms with Crippen molar-refractivity contribution in [2.75, 3.05) is 26.2 Å². The molecule has 1 unspecified atom stereocenters. The zero-order valence-electron chi connectivity index (χ0n) is 28.4. The van der Waals surface area contributed by atoms with Crippen molar-refractivity contribution in [2.24, 2.45) is 10.8 Å². The summed E-state index contributed by atoms with van der Waals surface area (Å²) < 4.78 is 0. The summed E-state index contributed by atoms with van der Waals surface area (Å²) in [5.41, 5.74) is -0.488. The quantitative estimate of drug-likeness (QED) is 0.373. The predicted octanol–water partition coefficient (Wildman–Crippen LogP) is 6.68. The van der Waals surface area contributed by atoms with Crippen molar-refractivity contribution >= 4 is 40.9 Å². The summed E-state index contributed by atoms with van der Waals surface area (Å²) in [6.45, 7) is 20.7. The predicted molar refractivity (Wildman–Crippen MR) is 179 cm³/mol. The van der Waals surface area contributed by atoms with Crippen LogP contribution >= 0.6 is 23.2 Å². The number of hydrogen-bond acceptors (Lipinski definition) is 4. The molecule has 3 amide bonds. The third-order valence-corrected chi connectivity index (χ3v) is 10.8. The number of benzene rings is 1. The highest BCUT2D eigenvalue weighted by Crippen LogP contribution is 2.45. The van der Waals surface area contributed by atoms with Crippen LogP contribution in [0.4, 0.5) is 0 Å². The summed E-state index contributed by atoms with van der Waals surface area (Å²) in [5.74, 6) is 0.0162. The molecule has 2 aliphatic heterocycles. The zero-order valence-corrected chi connectivity index (χ0v) is 29.9. The summed E-state index contributed by atoms with van der Waals surface area (Å²) in [7, 11) is 0. The highest BCUT2D eigenvalue weighted by atomic mass is 35.5. The summed E-state index contributed by atoms with van der Waals surface area (Å²) >= 11 is 13.2. The second-order valence-corrected chi connectivity index (χ2v) is 17.2. The Kier molecular flexibility index (Phi) is 10.2. The van der Waals surface area contributed by atoms with Crippen molar-refractivity contribution in [2.45, 2.75) is 130 Å². The summed E-state index contributed by atoms with van der Waals surface area (Å²) in [6, 6.07) is 5.21. The molecule has 1 aromatic carbocycles. The molecule has 44 heavy (non-hydrogen) atoms.